The summed E-state index contributed by atoms with van der Waals surface area (Å²) in [6.07, 6.45) is 0.830. The van der Waals surface area contributed by atoms with Crippen molar-refractivity contribution >= 4 is 11.8 Å². The van der Waals surface area contributed by atoms with E-state index in [0.717, 1.165) is 0 Å². The number of rotatable bonds is 7. The molecular weight excluding hydrogens is 248 g/mol. The third kappa shape index (κ3) is 2.98. The van der Waals surface area contributed by atoms with E-state index in [-0.39, 0.29) is 31.1 Å². The van der Waals surface area contributed by atoms with E-state index in [1.807, 2.05) is 13.8 Å². The zero-order valence-electron chi connectivity index (χ0n) is 12.4. The van der Waals surface area contributed by atoms with Gasteiger partial charge in [-0.3, -0.25) is 9.59 Å². The predicted molar refractivity (Wildman–Crippen MR) is 69.5 cm³/mol. The first-order valence-electron chi connectivity index (χ1n) is 6.66. The summed E-state index contributed by atoms with van der Waals surface area (Å²) in [6, 6.07) is 0. The van der Waals surface area contributed by atoms with Crippen molar-refractivity contribution in [2.75, 3.05) is 20.8 Å². The first-order valence-corrected chi connectivity index (χ1v) is 6.66. The average molecular weight is 272 g/mol. The van der Waals surface area contributed by atoms with Gasteiger partial charge in [0, 0.05) is 33.5 Å². The fourth-order valence-corrected chi connectivity index (χ4v) is 2.53. The first kappa shape index (κ1) is 16.1. The molecule has 19 heavy (non-hydrogen) atoms. The number of hydrogen-bond donors (Lipinski definition) is 0. The van der Waals surface area contributed by atoms with Gasteiger partial charge in [-0.15, -0.1) is 0 Å². The van der Waals surface area contributed by atoms with Crippen molar-refractivity contribution in [3.05, 3.63) is 0 Å². The molecular formula is C14H24O5. The monoisotopic (exact) mass is 272 g/mol. The molecule has 1 saturated carbocycles. The minimum absolute atomic E-state index is 0.0781. The summed E-state index contributed by atoms with van der Waals surface area (Å²) in [5.74, 6) is -1.16. The molecule has 0 N–H and O–H groups in total. The van der Waals surface area contributed by atoms with E-state index >= 15 is 0 Å². The largest absolute Gasteiger partial charge is 0.465 e. The molecule has 1 fully saturated rings. The van der Waals surface area contributed by atoms with Crippen LogP contribution in [0.15, 0.2) is 0 Å². The van der Waals surface area contributed by atoms with Crippen molar-refractivity contribution < 1.29 is 23.8 Å². The molecule has 0 radical (unpaired) electrons. The normalized spacial score (nSPS) is 19.9. The quantitative estimate of drug-likeness (QED) is 0.402. The van der Waals surface area contributed by atoms with Gasteiger partial charge in [0.1, 0.15) is 5.41 Å². The summed E-state index contributed by atoms with van der Waals surface area (Å²) in [4.78, 5) is 24.5. The van der Waals surface area contributed by atoms with Gasteiger partial charge in [-0.1, -0.05) is 13.8 Å². The average Bonchev–Trinajstić information content (AvgIpc) is 2.28. The van der Waals surface area contributed by atoms with Crippen LogP contribution in [0.4, 0.5) is 0 Å². The molecule has 110 valence electrons. The molecule has 0 aromatic carbocycles. The molecule has 0 aromatic heterocycles. The molecule has 0 amide bonds. The number of methoxy groups -OCH3 is 2. The van der Waals surface area contributed by atoms with E-state index < -0.39 is 17.2 Å². The smallest absolute Gasteiger partial charge is 0.320 e. The molecule has 0 spiro atoms. The second-order valence-electron chi connectivity index (χ2n) is 5.50. The van der Waals surface area contributed by atoms with Crippen LogP contribution in [-0.4, -0.2) is 38.4 Å². The van der Waals surface area contributed by atoms with Crippen LogP contribution in [0.25, 0.3) is 0 Å². The lowest BCUT2D eigenvalue weighted by Crippen LogP contribution is -2.62. The van der Waals surface area contributed by atoms with Crippen molar-refractivity contribution in [2.45, 2.75) is 45.8 Å². The van der Waals surface area contributed by atoms with Crippen LogP contribution in [0.3, 0.4) is 0 Å². The van der Waals surface area contributed by atoms with Crippen LogP contribution in [0, 0.1) is 11.3 Å². The lowest BCUT2D eigenvalue weighted by Gasteiger charge is -2.51. The number of hydrogen-bond acceptors (Lipinski definition) is 5. The number of carbonyl (C=O) groups excluding carboxylic acids is 2. The van der Waals surface area contributed by atoms with Crippen LogP contribution >= 0.6 is 0 Å². The van der Waals surface area contributed by atoms with Gasteiger partial charge < -0.3 is 14.2 Å². The Morgan fingerprint density at radius 2 is 1.68 bits per heavy atom. The highest BCUT2D eigenvalue weighted by atomic mass is 16.7. The van der Waals surface area contributed by atoms with Crippen LogP contribution in [0.2, 0.25) is 0 Å². The second-order valence-corrected chi connectivity index (χ2v) is 5.50. The number of carbonyl (C=O) groups is 2. The molecule has 1 aliphatic carbocycles. The fraction of sp³-hybridized carbons (Fsp3) is 0.857. The van der Waals surface area contributed by atoms with Gasteiger partial charge in [-0.2, -0.15) is 0 Å². The fourth-order valence-electron chi connectivity index (χ4n) is 2.53. The Labute approximate surface area is 114 Å². The maximum absolute atomic E-state index is 12.4. The Bertz CT molecular complexity index is 336. The summed E-state index contributed by atoms with van der Waals surface area (Å²) in [6.45, 7) is 5.91. The van der Waals surface area contributed by atoms with Crippen molar-refractivity contribution in [3.8, 4) is 0 Å². The van der Waals surface area contributed by atoms with Crippen molar-refractivity contribution in [1.29, 1.82) is 0 Å². The van der Waals surface area contributed by atoms with Gasteiger partial charge in [0.25, 0.3) is 0 Å². The van der Waals surface area contributed by atoms with Gasteiger partial charge in [-0.25, -0.2) is 0 Å². The Morgan fingerprint density at radius 1 is 1.16 bits per heavy atom. The van der Waals surface area contributed by atoms with E-state index in [1.54, 1.807) is 6.92 Å². The number of Topliss-reactive ketones (excluding diaryl/α,β-unsaturated/α-hetero) is 1. The summed E-state index contributed by atoms with van der Waals surface area (Å²) in [7, 11) is 3.04. The van der Waals surface area contributed by atoms with Crippen molar-refractivity contribution in [2.24, 2.45) is 11.3 Å². The highest BCUT2D eigenvalue weighted by Crippen LogP contribution is 2.53. The van der Waals surface area contributed by atoms with E-state index in [0.29, 0.717) is 6.42 Å². The highest BCUT2D eigenvalue weighted by molar-refractivity contribution is 6.05. The Hall–Kier alpha value is -0.940. The van der Waals surface area contributed by atoms with E-state index in [1.165, 1.54) is 14.2 Å². The molecule has 0 aromatic rings. The molecule has 1 aliphatic rings. The zero-order valence-corrected chi connectivity index (χ0v) is 12.4. The third-order valence-electron chi connectivity index (χ3n) is 3.68. The molecule has 1 rings (SSSR count). The maximum atomic E-state index is 12.4. The standard InChI is InChI=1S/C14H24O5/c1-6-19-12(16)13(11(15)7-10(2)3)8-14(9-13,17-4)18-5/h10H,6-9H2,1-5H3. The molecule has 0 atom stereocenters. The van der Waals surface area contributed by atoms with Gasteiger partial charge in [-0.05, 0) is 12.8 Å². The highest BCUT2D eigenvalue weighted by Gasteiger charge is 2.64. The first-order chi connectivity index (χ1) is 8.85. The summed E-state index contributed by atoms with van der Waals surface area (Å²) < 4.78 is 15.6. The number of esters is 1. The molecule has 5 heteroatoms. The molecule has 5 nitrogen and oxygen atoms in total. The van der Waals surface area contributed by atoms with Crippen molar-refractivity contribution in [3.63, 3.8) is 0 Å². The van der Waals surface area contributed by atoms with Gasteiger partial charge in [0.15, 0.2) is 11.6 Å². The molecule has 0 saturated heterocycles. The third-order valence-corrected chi connectivity index (χ3v) is 3.68. The van der Waals surface area contributed by atoms with E-state index in [9.17, 15) is 9.59 Å². The van der Waals surface area contributed by atoms with E-state index in [4.69, 9.17) is 14.2 Å². The van der Waals surface area contributed by atoms with Crippen LogP contribution < -0.4 is 0 Å². The minimum atomic E-state index is -1.09. The molecule has 0 unspecified atom stereocenters. The Balaban J connectivity index is 2.90. The summed E-state index contributed by atoms with van der Waals surface area (Å²) in [5.41, 5.74) is -1.09. The van der Waals surface area contributed by atoms with Crippen molar-refractivity contribution in [1.82, 2.24) is 0 Å². The predicted octanol–water partition coefficient (Wildman–Crippen LogP) is 1.93. The van der Waals surface area contributed by atoms with Gasteiger partial charge in [0.05, 0.1) is 6.61 Å². The lowest BCUT2D eigenvalue weighted by molar-refractivity contribution is -0.289. The van der Waals surface area contributed by atoms with Gasteiger partial charge in [0.2, 0.25) is 0 Å². The van der Waals surface area contributed by atoms with Gasteiger partial charge >= 0.3 is 5.97 Å². The van der Waals surface area contributed by atoms with Crippen LogP contribution in [0.5, 0.6) is 0 Å². The van der Waals surface area contributed by atoms with Crippen LogP contribution in [0.1, 0.15) is 40.0 Å². The second kappa shape index (κ2) is 6.01. The topological polar surface area (TPSA) is 61.8 Å². The van der Waals surface area contributed by atoms with Crippen LogP contribution in [-0.2, 0) is 23.8 Å². The minimum Gasteiger partial charge on any atom is -0.465 e. The SMILES string of the molecule is CCOC(=O)C1(C(=O)CC(C)C)CC(OC)(OC)C1. The zero-order chi connectivity index (χ0) is 14.7. The Kier molecular flexibility index (Phi) is 5.10. The number of ketones is 1. The summed E-state index contributed by atoms with van der Waals surface area (Å²) >= 11 is 0. The number of ether oxygens (including phenoxy) is 3. The molecule has 0 heterocycles. The lowest BCUT2D eigenvalue weighted by atomic mass is 9.60. The molecule has 0 aliphatic heterocycles. The maximum Gasteiger partial charge on any atom is 0.320 e. The summed E-state index contributed by atoms with van der Waals surface area (Å²) in [5, 5.41) is 0. The van der Waals surface area contributed by atoms with E-state index in [2.05, 4.69) is 0 Å². The Morgan fingerprint density at radius 3 is 2.05 bits per heavy atom. The molecule has 0 bridgehead atoms.